The molecule has 0 saturated carbocycles. The van der Waals surface area contributed by atoms with Gasteiger partial charge in [-0.2, -0.15) is 0 Å². The van der Waals surface area contributed by atoms with E-state index in [1.54, 1.807) is 35.9 Å². The maximum atomic E-state index is 13.7. The van der Waals surface area contributed by atoms with Crippen molar-refractivity contribution in [3.63, 3.8) is 0 Å². The molecule has 2 aromatic rings. The first kappa shape index (κ1) is 13.6. The van der Waals surface area contributed by atoms with Crippen LogP contribution in [-0.4, -0.2) is 17.1 Å². The van der Waals surface area contributed by atoms with Crippen molar-refractivity contribution in [1.82, 2.24) is 4.57 Å². The number of esters is 1. The number of benzene rings is 1. The number of halogens is 2. The molecular weight excluding hydrogens is 269 g/mol. The standard InChI is InChI=1S/C14H13ClFNO2/c1-2-19-14(18)13-4-3-7-17(13)9-10-8-11(15)5-6-12(10)16/h3-8H,2,9H2,1H3. The highest BCUT2D eigenvalue weighted by Gasteiger charge is 2.13. The average Bonchev–Trinajstić information content (AvgIpc) is 2.82. The molecular formula is C14H13ClFNO2. The number of hydrogen-bond donors (Lipinski definition) is 0. The number of ether oxygens (including phenoxy) is 1. The second-order valence-corrected chi connectivity index (χ2v) is 4.41. The number of hydrogen-bond acceptors (Lipinski definition) is 2. The third-order valence-electron chi connectivity index (χ3n) is 2.66. The fourth-order valence-corrected chi connectivity index (χ4v) is 1.99. The molecule has 0 fully saturated rings. The Morgan fingerprint density at radius 1 is 1.42 bits per heavy atom. The zero-order valence-electron chi connectivity index (χ0n) is 10.4. The minimum atomic E-state index is -0.421. The molecule has 0 aliphatic heterocycles. The van der Waals surface area contributed by atoms with Crippen LogP contribution in [0.1, 0.15) is 23.0 Å². The van der Waals surface area contributed by atoms with Crippen LogP contribution in [-0.2, 0) is 11.3 Å². The van der Waals surface area contributed by atoms with Gasteiger partial charge in [-0.05, 0) is 37.3 Å². The van der Waals surface area contributed by atoms with Crippen LogP contribution in [0.15, 0.2) is 36.5 Å². The Kier molecular flexibility index (Phi) is 4.22. The van der Waals surface area contributed by atoms with E-state index in [-0.39, 0.29) is 12.4 Å². The van der Waals surface area contributed by atoms with Crippen molar-refractivity contribution in [2.24, 2.45) is 0 Å². The van der Waals surface area contributed by atoms with Crippen LogP contribution in [0, 0.1) is 5.82 Å². The summed E-state index contributed by atoms with van der Waals surface area (Å²) in [6, 6.07) is 7.70. The minimum Gasteiger partial charge on any atom is -0.461 e. The molecule has 0 radical (unpaired) electrons. The maximum Gasteiger partial charge on any atom is 0.354 e. The van der Waals surface area contributed by atoms with Crippen molar-refractivity contribution in [3.8, 4) is 0 Å². The topological polar surface area (TPSA) is 31.2 Å². The van der Waals surface area contributed by atoms with Crippen LogP contribution < -0.4 is 0 Å². The molecule has 1 aromatic carbocycles. The third-order valence-corrected chi connectivity index (χ3v) is 2.90. The summed E-state index contributed by atoms with van der Waals surface area (Å²) in [6.45, 7) is 2.27. The number of aromatic nitrogens is 1. The lowest BCUT2D eigenvalue weighted by Crippen LogP contribution is -2.12. The lowest BCUT2D eigenvalue weighted by molar-refractivity contribution is 0.0514. The lowest BCUT2D eigenvalue weighted by atomic mass is 10.2. The predicted molar refractivity (Wildman–Crippen MR) is 70.9 cm³/mol. The van der Waals surface area contributed by atoms with Crippen molar-refractivity contribution in [2.75, 3.05) is 6.61 Å². The molecule has 0 aliphatic carbocycles. The first-order valence-corrected chi connectivity index (χ1v) is 6.25. The smallest absolute Gasteiger partial charge is 0.354 e. The zero-order chi connectivity index (χ0) is 13.8. The molecule has 0 aliphatic rings. The van der Waals surface area contributed by atoms with Crippen molar-refractivity contribution < 1.29 is 13.9 Å². The van der Waals surface area contributed by atoms with E-state index >= 15 is 0 Å². The van der Waals surface area contributed by atoms with E-state index in [1.807, 2.05) is 0 Å². The molecule has 3 nitrogen and oxygen atoms in total. The molecule has 0 saturated heterocycles. The Hall–Kier alpha value is -1.81. The van der Waals surface area contributed by atoms with E-state index < -0.39 is 5.97 Å². The van der Waals surface area contributed by atoms with Crippen molar-refractivity contribution in [2.45, 2.75) is 13.5 Å². The SMILES string of the molecule is CCOC(=O)c1cccn1Cc1cc(Cl)ccc1F. The molecule has 100 valence electrons. The molecule has 1 heterocycles. The Morgan fingerprint density at radius 3 is 2.95 bits per heavy atom. The number of rotatable bonds is 4. The highest BCUT2D eigenvalue weighted by Crippen LogP contribution is 2.17. The summed E-state index contributed by atoms with van der Waals surface area (Å²) in [5, 5.41) is 0.459. The van der Waals surface area contributed by atoms with Crippen molar-refractivity contribution >= 4 is 17.6 Å². The normalized spacial score (nSPS) is 10.5. The fourth-order valence-electron chi connectivity index (χ4n) is 1.79. The first-order chi connectivity index (χ1) is 9.11. The summed E-state index contributed by atoms with van der Waals surface area (Å²) >= 11 is 5.84. The molecule has 1 aromatic heterocycles. The van der Waals surface area contributed by atoms with E-state index in [9.17, 15) is 9.18 Å². The summed E-state index contributed by atoms with van der Waals surface area (Å²) in [5.41, 5.74) is 0.815. The Labute approximate surface area is 115 Å². The largest absolute Gasteiger partial charge is 0.461 e. The van der Waals surface area contributed by atoms with E-state index in [0.29, 0.717) is 22.9 Å². The second-order valence-electron chi connectivity index (χ2n) is 3.98. The molecule has 0 unspecified atom stereocenters. The van der Waals surface area contributed by atoms with Crippen LogP contribution in [0.5, 0.6) is 0 Å². The van der Waals surface area contributed by atoms with Gasteiger partial charge in [0.25, 0.3) is 0 Å². The third kappa shape index (κ3) is 3.15. The van der Waals surface area contributed by atoms with Gasteiger partial charge in [-0.1, -0.05) is 11.6 Å². The van der Waals surface area contributed by atoms with Gasteiger partial charge in [0.1, 0.15) is 11.5 Å². The van der Waals surface area contributed by atoms with Crippen LogP contribution in [0.3, 0.4) is 0 Å². The quantitative estimate of drug-likeness (QED) is 0.803. The first-order valence-electron chi connectivity index (χ1n) is 5.88. The van der Waals surface area contributed by atoms with Gasteiger partial charge in [0, 0.05) is 16.8 Å². The monoisotopic (exact) mass is 281 g/mol. The second kappa shape index (κ2) is 5.89. The van der Waals surface area contributed by atoms with E-state index in [1.165, 1.54) is 12.1 Å². The molecule has 0 N–H and O–H groups in total. The molecule has 0 spiro atoms. The average molecular weight is 282 g/mol. The maximum absolute atomic E-state index is 13.7. The van der Waals surface area contributed by atoms with Crippen LogP contribution in [0.4, 0.5) is 4.39 Å². The van der Waals surface area contributed by atoms with E-state index in [2.05, 4.69) is 0 Å². The van der Waals surface area contributed by atoms with Gasteiger partial charge in [0.05, 0.1) is 13.2 Å². The summed E-state index contributed by atoms with van der Waals surface area (Å²) in [6.07, 6.45) is 1.70. The van der Waals surface area contributed by atoms with Crippen LogP contribution in [0.25, 0.3) is 0 Å². The van der Waals surface area contributed by atoms with Crippen molar-refractivity contribution in [3.05, 3.63) is 58.6 Å². The molecule has 5 heteroatoms. The number of nitrogens with zero attached hydrogens (tertiary/aromatic N) is 1. The van der Waals surface area contributed by atoms with E-state index in [4.69, 9.17) is 16.3 Å². The van der Waals surface area contributed by atoms with Gasteiger partial charge in [-0.3, -0.25) is 0 Å². The lowest BCUT2D eigenvalue weighted by Gasteiger charge is -2.09. The van der Waals surface area contributed by atoms with Gasteiger partial charge in [-0.25, -0.2) is 9.18 Å². The minimum absolute atomic E-state index is 0.230. The Morgan fingerprint density at radius 2 is 2.21 bits per heavy atom. The summed E-state index contributed by atoms with van der Waals surface area (Å²) in [7, 11) is 0. The van der Waals surface area contributed by atoms with Crippen LogP contribution in [0.2, 0.25) is 5.02 Å². The van der Waals surface area contributed by atoms with Gasteiger partial charge in [0.15, 0.2) is 0 Å². The Balaban J connectivity index is 2.26. The molecule has 0 bridgehead atoms. The number of carbonyl (C=O) groups excluding carboxylic acids is 1. The molecule has 0 atom stereocenters. The zero-order valence-corrected chi connectivity index (χ0v) is 11.2. The summed E-state index contributed by atoms with van der Waals surface area (Å²) < 4.78 is 20.2. The highest BCUT2D eigenvalue weighted by atomic mass is 35.5. The number of carbonyl (C=O) groups is 1. The summed E-state index contributed by atoms with van der Waals surface area (Å²) in [4.78, 5) is 11.7. The van der Waals surface area contributed by atoms with Gasteiger partial charge < -0.3 is 9.30 Å². The van der Waals surface area contributed by atoms with Gasteiger partial charge >= 0.3 is 5.97 Å². The van der Waals surface area contributed by atoms with E-state index in [0.717, 1.165) is 0 Å². The van der Waals surface area contributed by atoms with Gasteiger partial charge in [-0.15, -0.1) is 0 Å². The van der Waals surface area contributed by atoms with Crippen molar-refractivity contribution in [1.29, 1.82) is 0 Å². The molecule has 19 heavy (non-hydrogen) atoms. The fraction of sp³-hybridized carbons (Fsp3) is 0.214. The Bertz CT molecular complexity index is 595. The highest BCUT2D eigenvalue weighted by molar-refractivity contribution is 6.30. The van der Waals surface area contributed by atoms with Crippen LogP contribution >= 0.6 is 11.6 Å². The molecule has 0 amide bonds. The predicted octanol–water partition coefficient (Wildman–Crippen LogP) is 3.51. The molecule has 2 rings (SSSR count). The van der Waals surface area contributed by atoms with Gasteiger partial charge in [0.2, 0.25) is 0 Å². The summed E-state index contributed by atoms with van der Waals surface area (Å²) in [5.74, 6) is -0.775.